The van der Waals surface area contributed by atoms with E-state index in [1.807, 2.05) is 35.4 Å². The normalized spacial score (nSPS) is 16.7. The minimum absolute atomic E-state index is 0.513. The van der Waals surface area contributed by atoms with Crippen molar-refractivity contribution in [2.75, 3.05) is 43.4 Å². The molecule has 6 rings (SSSR count). The van der Waals surface area contributed by atoms with Crippen LogP contribution in [0.5, 0.6) is 0 Å². The molecular weight excluding hydrogens is 426 g/mol. The molecule has 0 spiro atoms. The number of aromatic nitrogens is 6. The van der Waals surface area contributed by atoms with Crippen molar-refractivity contribution in [3.8, 4) is 11.1 Å². The first-order chi connectivity index (χ1) is 16.7. The Balaban J connectivity index is 1.30. The van der Waals surface area contributed by atoms with Crippen LogP contribution in [0, 0.1) is 0 Å². The van der Waals surface area contributed by atoms with Gasteiger partial charge < -0.3 is 15.1 Å². The van der Waals surface area contributed by atoms with Crippen molar-refractivity contribution in [1.82, 2.24) is 34.4 Å². The summed E-state index contributed by atoms with van der Waals surface area (Å²) in [4.78, 5) is 22.3. The molecule has 2 aliphatic rings. The van der Waals surface area contributed by atoms with Crippen LogP contribution in [0.25, 0.3) is 22.2 Å². The van der Waals surface area contributed by atoms with Crippen molar-refractivity contribution in [1.29, 1.82) is 0 Å². The molecule has 0 aromatic carbocycles. The zero-order valence-electron chi connectivity index (χ0n) is 19.2. The predicted molar refractivity (Wildman–Crippen MR) is 133 cm³/mol. The maximum atomic E-state index is 4.84. The summed E-state index contributed by atoms with van der Waals surface area (Å²) in [7, 11) is 2.16. The summed E-state index contributed by atoms with van der Waals surface area (Å²) >= 11 is 0. The van der Waals surface area contributed by atoms with E-state index in [-0.39, 0.29) is 0 Å². The second-order valence-electron chi connectivity index (χ2n) is 8.89. The van der Waals surface area contributed by atoms with Gasteiger partial charge in [-0.05, 0) is 50.1 Å². The number of likely N-dealkylation sites (N-methyl/N-ethyl adjacent to an activating group) is 1. The van der Waals surface area contributed by atoms with E-state index in [1.165, 1.54) is 5.57 Å². The lowest BCUT2D eigenvalue weighted by Gasteiger charge is -2.33. The highest BCUT2D eigenvalue weighted by Crippen LogP contribution is 2.36. The van der Waals surface area contributed by atoms with Gasteiger partial charge in [0.1, 0.15) is 12.1 Å². The summed E-state index contributed by atoms with van der Waals surface area (Å²) in [5.74, 6) is 1.24. The van der Waals surface area contributed by atoms with Gasteiger partial charge in [-0.15, -0.1) is 5.10 Å². The highest BCUT2D eigenvalue weighted by molar-refractivity contribution is 5.84. The molecule has 4 aromatic heterocycles. The molecule has 1 fully saturated rings. The van der Waals surface area contributed by atoms with Crippen LogP contribution >= 0.6 is 0 Å². The summed E-state index contributed by atoms with van der Waals surface area (Å²) in [5, 5.41) is 8.11. The minimum Gasteiger partial charge on any atom is -0.368 e. The largest absolute Gasteiger partial charge is 0.368 e. The summed E-state index contributed by atoms with van der Waals surface area (Å²) in [6.45, 7) is 4.18. The van der Waals surface area contributed by atoms with Crippen LogP contribution in [-0.4, -0.2) is 67.7 Å². The third-order valence-electron chi connectivity index (χ3n) is 6.59. The SMILES string of the molecule is CN1CCN(c2ccc(Nc3ncc4cc(-c5cncnc5)c(C5=CCCC5)n4n3)nc2)CC1. The van der Waals surface area contributed by atoms with Crippen LogP contribution in [0.3, 0.4) is 0 Å². The van der Waals surface area contributed by atoms with Crippen LogP contribution < -0.4 is 10.2 Å². The smallest absolute Gasteiger partial charge is 0.246 e. The summed E-state index contributed by atoms with van der Waals surface area (Å²) in [5.41, 5.74) is 6.53. The first-order valence-corrected chi connectivity index (χ1v) is 11.7. The van der Waals surface area contributed by atoms with Crippen molar-refractivity contribution < 1.29 is 0 Å². The van der Waals surface area contributed by atoms with Gasteiger partial charge in [-0.2, -0.15) is 0 Å². The van der Waals surface area contributed by atoms with E-state index in [0.717, 1.165) is 79.3 Å². The van der Waals surface area contributed by atoms with Crippen LogP contribution in [0.1, 0.15) is 25.0 Å². The molecule has 0 radical (unpaired) electrons. The molecule has 0 amide bonds. The topological polar surface area (TPSA) is 87.4 Å². The highest BCUT2D eigenvalue weighted by atomic mass is 15.3. The van der Waals surface area contributed by atoms with E-state index in [9.17, 15) is 0 Å². The lowest BCUT2D eigenvalue weighted by Crippen LogP contribution is -2.44. The number of anilines is 3. The van der Waals surface area contributed by atoms with Gasteiger partial charge in [0.2, 0.25) is 5.95 Å². The molecule has 9 heteroatoms. The van der Waals surface area contributed by atoms with Crippen molar-refractivity contribution in [2.24, 2.45) is 0 Å². The Bertz CT molecular complexity index is 1320. The first-order valence-electron chi connectivity index (χ1n) is 11.7. The zero-order chi connectivity index (χ0) is 22.9. The molecular formula is C25H27N9. The van der Waals surface area contributed by atoms with Crippen LogP contribution in [0.2, 0.25) is 0 Å². The van der Waals surface area contributed by atoms with Gasteiger partial charge in [-0.25, -0.2) is 24.5 Å². The van der Waals surface area contributed by atoms with Crippen molar-refractivity contribution >= 4 is 28.5 Å². The van der Waals surface area contributed by atoms with Crippen LogP contribution in [0.15, 0.2) is 55.4 Å². The molecule has 0 saturated carbocycles. The molecule has 1 aliphatic heterocycles. The Morgan fingerprint density at radius 1 is 0.941 bits per heavy atom. The molecule has 4 aromatic rings. The fourth-order valence-electron chi connectivity index (χ4n) is 4.70. The number of allylic oxidation sites excluding steroid dienone is 2. The lowest BCUT2D eigenvalue weighted by molar-refractivity contribution is 0.313. The summed E-state index contributed by atoms with van der Waals surface area (Å²) < 4.78 is 1.98. The van der Waals surface area contributed by atoms with Crippen molar-refractivity contribution in [3.05, 3.63) is 61.1 Å². The van der Waals surface area contributed by atoms with Crippen LogP contribution in [-0.2, 0) is 0 Å². The molecule has 1 N–H and O–H groups in total. The van der Waals surface area contributed by atoms with Gasteiger partial charge in [0.05, 0.1) is 29.3 Å². The van der Waals surface area contributed by atoms with E-state index in [4.69, 9.17) is 5.10 Å². The summed E-state index contributed by atoms with van der Waals surface area (Å²) in [6, 6.07) is 6.21. The Morgan fingerprint density at radius 3 is 2.53 bits per heavy atom. The minimum atomic E-state index is 0.513. The van der Waals surface area contributed by atoms with E-state index in [0.29, 0.717) is 5.95 Å². The lowest BCUT2D eigenvalue weighted by atomic mass is 10.0. The Morgan fingerprint density at radius 2 is 1.79 bits per heavy atom. The highest BCUT2D eigenvalue weighted by Gasteiger charge is 2.20. The predicted octanol–water partition coefficient (Wildman–Crippen LogP) is 3.64. The van der Waals surface area contributed by atoms with E-state index in [2.05, 4.69) is 60.3 Å². The Labute approximate surface area is 198 Å². The number of pyridine rings is 1. The fraction of sp³-hybridized carbons (Fsp3) is 0.320. The zero-order valence-corrected chi connectivity index (χ0v) is 19.2. The van der Waals surface area contributed by atoms with Crippen molar-refractivity contribution in [2.45, 2.75) is 19.3 Å². The third kappa shape index (κ3) is 3.99. The number of hydrogen-bond donors (Lipinski definition) is 1. The molecule has 172 valence electrons. The molecule has 5 heterocycles. The number of fused-ring (bicyclic) bond motifs is 1. The monoisotopic (exact) mass is 453 g/mol. The second kappa shape index (κ2) is 8.83. The molecule has 1 saturated heterocycles. The van der Waals surface area contributed by atoms with Gasteiger partial charge in [0, 0.05) is 49.7 Å². The molecule has 0 bridgehead atoms. The van der Waals surface area contributed by atoms with Gasteiger partial charge in [-0.1, -0.05) is 6.08 Å². The number of piperazine rings is 1. The molecule has 9 nitrogen and oxygen atoms in total. The molecule has 0 atom stereocenters. The van der Waals surface area contributed by atoms with Crippen molar-refractivity contribution in [3.63, 3.8) is 0 Å². The average molecular weight is 454 g/mol. The molecule has 34 heavy (non-hydrogen) atoms. The molecule has 1 aliphatic carbocycles. The van der Waals surface area contributed by atoms with E-state index < -0.39 is 0 Å². The summed E-state index contributed by atoms with van der Waals surface area (Å²) in [6.07, 6.45) is 14.6. The third-order valence-corrected chi connectivity index (χ3v) is 6.59. The van der Waals surface area contributed by atoms with Crippen LogP contribution in [0.4, 0.5) is 17.5 Å². The number of nitrogens with zero attached hydrogens (tertiary/aromatic N) is 8. The van der Waals surface area contributed by atoms with Gasteiger partial charge in [0.15, 0.2) is 0 Å². The number of nitrogens with one attached hydrogen (secondary N) is 1. The van der Waals surface area contributed by atoms with E-state index >= 15 is 0 Å². The van der Waals surface area contributed by atoms with E-state index in [1.54, 1.807) is 6.33 Å². The second-order valence-corrected chi connectivity index (χ2v) is 8.89. The maximum absolute atomic E-state index is 4.84. The quantitative estimate of drug-likeness (QED) is 0.490. The van der Waals surface area contributed by atoms with Gasteiger partial charge in [-0.3, -0.25) is 0 Å². The number of rotatable bonds is 5. The average Bonchev–Trinajstić information content (AvgIpc) is 3.53. The number of hydrogen-bond acceptors (Lipinski definition) is 8. The van der Waals surface area contributed by atoms with Gasteiger partial charge in [0.25, 0.3) is 0 Å². The maximum Gasteiger partial charge on any atom is 0.246 e. The molecule has 0 unspecified atom stereocenters. The first kappa shape index (κ1) is 20.7. The fourth-order valence-corrected chi connectivity index (χ4v) is 4.70. The Kier molecular flexibility index (Phi) is 5.38. The van der Waals surface area contributed by atoms with Gasteiger partial charge >= 0.3 is 0 Å². The standard InChI is InChI=1S/C25H27N9/c1-32-8-10-33(11-9-32)20-6-7-23(28-15-20)30-25-29-16-21-12-22(19-13-26-17-27-14-19)24(34(21)31-25)18-4-2-3-5-18/h4,6-7,12-17H,2-3,5,8-11H2,1H3,(H,28,30,31). The Hall–Kier alpha value is -3.85.